The Bertz CT molecular complexity index is 428. The number of nitrogens with one attached hydrogen (secondary N) is 3. The van der Waals surface area contributed by atoms with E-state index >= 15 is 0 Å². The van der Waals surface area contributed by atoms with Gasteiger partial charge in [-0.1, -0.05) is 6.92 Å². The Morgan fingerprint density at radius 2 is 2.38 bits per heavy atom. The predicted molar refractivity (Wildman–Crippen MR) is 59.3 cm³/mol. The first-order chi connectivity index (χ1) is 7.59. The van der Waals surface area contributed by atoms with Crippen molar-refractivity contribution < 1.29 is 8.42 Å². The minimum absolute atomic E-state index is 0.00505. The first kappa shape index (κ1) is 11.6. The lowest BCUT2D eigenvalue weighted by Gasteiger charge is -2.29. The van der Waals surface area contributed by atoms with E-state index in [1.807, 2.05) is 6.92 Å². The summed E-state index contributed by atoms with van der Waals surface area (Å²) in [5.74, 6) is 0.298. The van der Waals surface area contributed by atoms with E-state index in [1.165, 1.54) is 12.3 Å². The first-order valence-corrected chi connectivity index (χ1v) is 6.80. The molecule has 90 valence electrons. The van der Waals surface area contributed by atoms with Crippen molar-refractivity contribution in [3.63, 3.8) is 0 Å². The van der Waals surface area contributed by atoms with Crippen LogP contribution in [0.25, 0.3) is 0 Å². The molecule has 2 heterocycles. The molecule has 2 rings (SSSR count). The highest BCUT2D eigenvalue weighted by molar-refractivity contribution is 7.89. The molecule has 3 N–H and O–H groups in total. The number of hydrogen-bond donors (Lipinski definition) is 3. The van der Waals surface area contributed by atoms with Gasteiger partial charge >= 0.3 is 0 Å². The van der Waals surface area contributed by atoms with Gasteiger partial charge < -0.3 is 5.32 Å². The van der Waals surface area contributed by atoms with Crippen molar-refractivity contribution in [2.75, 3.05) is 13.1 Å². The van der Waals surface area contributed by atoms with E-state index in [1.54, 1.807) is 0 Å². The van der Waals surface area contributed by atoms with E-state index in [-0.39, 0.29) is 11.1 Å². The zero-order valence-corrected chi connectivity index (χ0v) is 9.92. The zero-order chi connectivity index (χ0) is 11.6. The minimum atomic E-state index is -3.45. The van der Waals surface area contributed by atoms with Crippen LogP contribution in [0.5, 0.6) is 0 Å². The van der Waals surface area contributed by atoms with Gasteiger partial charge in [0, 0.05) is 6.04 Å². The van der Waals surface area contributed by atoms with Gasteiger partial charge in [0.2, 0.25) is 0 Å². The summed E-state index contributed by atoms with van der Waals surface area (Å²) in [6, 6.07) is 1.45. The smallest absolute Gasteiger partial charge is 0.257 e. The summed E-state index contributed by atoms with van der Waals surface area (Å²) in [6.07, 6.45) is 2.24. The molecule has 16 heavy (non-hydrogen) atoms. The maximum atomic E-state index is 11.9. The minimum Gasteiger partial charge on any atom is -0.316 e. The molecule has 0 amide bonds. The number of H-pyrrole nitrogens is 1. The summed E-state index contributed by atoms with van der Waals surface area (Å²) >= 11 is 0. The van der Waals surface area contributed by atoms with Crippen LogP contribution in [0.15, 0.2) is 17.3 Å². The molecule has 0 aromatic carbocycles. The van der Waals surface area contributed by atoms with Gasteiger partial charge in [0.1, 0.15) is 0 Å². The SMILES string of the molecule is CC1CNCCC1NS(=O)(=O)c1ccn[nH]1. The van der Waals surface area contributed by atoms with Crippen LogP contribution < -0.4 is 10.0 Å². The number of rotatable bonds is 3. The molecule has 7 heteroatoms. The van der Waals surface area contributed by atoms with E-state index in [0.717, 1.165) is 19.5 Å². The molecule has 0 radical (unpaired) electrons. The van der Waals surface area contributed by atoms with Gasteiger partial charge in [-0.3, -0.25) is 5.10 Å². The van der Waals surface area contributed by atoms with Crippen LogP contribution in [0.3, 0.4) is 0 Å². The number of aromatic nitrogens is 2. The maximum Gasteiger partial charge on any atom is 0.257 e. The molecule has 2 atom stereocenters. The van der Waals surface area contributed by atoms with Crippen LogP contribution in [0.1, 0.15) is 13.3 Å². The lowest BCUT2D eigenvalue weighted by Crippen LogP contribution is -2.48. The highest BCUT2D eigenvalue weighted by Crippen LogP contribution is 2.13. The van der Waals surface area contributed by atoms with Gasteiger partial charge in [0.15, 0.2) is 5.03 Å². The largest absolute Gasteiger partial charge is 0.316 e. The highest BCUT2D eigenvalue weighted by Gasteiger charge is 2.27. The van der Waals surface area contributed by atoms with Crippen molar-refractivity contribution >= 4 is 10.0 Å². The van der Waals surface area contributed by atoms with Crippen molar-refractivity contribution in [1.29, 1.82) is 0 Å². The summed E-state index contributed by atoms with van der Waals surface area (Å²) in [7, 11) is -3.45. The molecule has 1 aliphatic rings. The van der Waals surface area contributed by atoms with Gasteiger partial charge in [-0.2, -0.15) is 5.10 Å². The van der Waals surface area contributed by atoms with Gasteiger partial charge in [-0.25, -0.2) is 13.1 Å². The van der Waals surface area contributed by atoms with Crippen molar-refractivity contribution in [2.24, 2.45) is 5.92 Å². The Morgan fingerprint density at radius 1 is 1.56 bits per heavy atom. The van der Waals surface area contributed by atoms with Crippen LogP contribution in [0.2, 0.25) is 0 Å². The van der Waals surface area contributed by atoms with Crippen LogP contribution >= 0.6 is 0 Å². The monoisotopic (exact) mass is 244 g/mol. The summed E-state index contributed by atoms with van der Waals surface area (Å²) in [5, 5.41) is 9.46. The van der Waals surface area contributed by atoms with Gasteiger partial charge in [-0.05, 0) is 31.5 Å². The average molecular weight is 244 g/mol. The third-order valence-electron chi connectivity index (χ3n) is 2.86. The third-order valence-corrected chi connectivity index (χ3v) is 4.28. The second-order valence-corrected chi connectivity index (χ2v) is 5.80. The number of nitrogens with zero attached hydrogens (tertiary/aromatic N) is 1. The molecule has 2 unspecified atom stereocenters. The van der Waals surface area contributed by atoms with Crippen molar-refractivity contribution in [2.45, 2.75) is 24.4 Å². The van der Waals surface area contributed by atoms with E-state index < -0.39 is 10.0 Å². The Hall–Kier alpha value is -0.920. The molecule has 0 bridgehead atoms. The summed E-state index contributed by atoms with van der Waals surface area (Å²) < 4.78 is 26.5. The van der Waals surface area contributed by atoms with Crippen molar-refractivity contribution in [1.82, 2.24) is 20.2 Å². The quantitative estimate of drug-likeness (QED) is 0.680. The second-order valence-electron chi connectivity index (χ2n) is 4.12. The van der Waals surface area contributed by atoms with E-state index in [2.05, 4.69) is 20.2 Å². The molecule has 1 aliphatic heterocycles. The fourth-order valence-corrected chi connectivity index (χ4v) is 3.13. The van der Waals surface area contributed by atoms with E-state index in [9.17, 15) is 8.42 Å². The third kappa shape index (κ3) is 2.42. The summed E-state index contributed by atoms with van der Waals surface area (Å²) in [6.45, 7) is 3.73. The van der Waals surface area contributed by atoms with E-state index in [4.69, 9.17) is 0 Å². The van der Waals surface area contributed by atoms with Crippen LogP contribution in [0.4, 0.5) is 0 Å². The molecule has 1 aromatic rings. The molecule has 1 fully saturated rings. The summed E-state index contributed by atoms with van der Waals surface area (Å²) in [5.41, 5.74) is 0. The van der Waals surface area contributed by atoms with Gasteiger partial charge in [0.05, 0.1) is 6.20 Å². The second kappa shape index (κ2) is 4.52. The lowest BCUT2D eigenvalue weighted by molar-refractivity contribution is 0.328. The molecule has 0 saturated carbocycles. The standard InChI is InChI=1S/C9H16N4O2S/c1-7-6-10-4-2-8(7)13-16(14,15)9-3-5-11-12-9/h3,5,7-8,10,13H,2,4,6H2,1H3,(H,11,12). The zero-order valence-electron chi connectivity index (χ0n) is 9.10. The summed E-state index contributed by atoms with van der Waals surface area (Å²) in [4.78, 5) is 0. The maximum absolute atomic E-state index is 11.9. The van der Waals surface area contributed by atoms with Crippen LogP contribution in [0, 0.1) is 5.92 Å². The fraction of sp³-hybridized carbons (Fsp3) is 0.667. The normalized spacial score (nSPS) is 26.8. The molecular formula is C9H16N4O2S. The Morgan fingerprint density at radius 3 is 3.00 bits per heavy atom. The molecule has 6 nitrogen and oxygen atoms in total. The Balaban J connectivity index is 2.09. The van der Waals surface area contributed by atoms with Crippen molar-refractivity contribution in [3.05, 3.63) is 12.3 Å². The fourth-order valence-electron chi connectivity index (χ4n) is 1.84. The predicted octanol–water partition coefficient (Wildman–Crippen LogP) is -0.314. The van der Waals surface area contributed by atoms with Crippen LogP contribution in [-0.2, 0) is 10.0 Å². The van der Waals surface area contributed by atoms with E-state index in [0.29, 0.717) is 5.92 Å². The van der Waals surface area contributed by atoms with Crippen LogP contribution in [-0.4, -0.2) is 37.7 Å². The molecule has 1 saturated heterocycles. The van der Waals surface area contributed by atoms with Gasteiger partial charge in [0.25, 0.3) is 10.0 Å². The number of sulfonamides is 1. The Labute approximate surface area is 94.9 Å². The first-order valence-electron chi connectivity index (χ1n) is 5.32. The highest BCUT2D eigenvalue weighted by atomic mass is 32.2. The molecule has 0 spiro atoms. The Kier molecular flexibility index (Phi) is 3.27. The average Bonchev–Trinajstić information content (AvgIpc) is 2.75. The number of piperidine rings is 1. The number of hydrogen-bond acceptors (Lipinski definition) is 4. The molecule has 0 aliphatic carbocycles. The topological polar surface area (TPSA) is 86.9 Å². The lowest BCUT2D eigenvalue weighted by atomic mass is 9.97. The molecular weight excluding hydrogens is 228 g/mol. The van der Waals surface area contributed by atoms with Gasteiger partial charge in [-0.15, -0.1) is 0 Å². The number of aromatic amines is 1. The molecule has 1 aromatic heterocycles. The van der Waals surface area contributed by atoms with Crippen molar-refractivity contribution in [3.8, 4) is 0 Å².